The van der Waals surface area contributed by atoms with Gasteiger partial charge in [-0.3, -0.25) is 9.59 Å². The molecule has 0 aliphatic rings. The lowest BCUT2D eigenvalue weighted by Gasteiger charge is -2.09. The zero-order valence-electron chi connectivity index (χ0n) is 15.2. The first-order chi connectivity index (χ1) is 14.0. The highest BCUT2D eigenvalue weighted by molar-refractivity contribution is 8.00. The number of amides is 1. The molecule has 4 nitrogen and oxygen atoms in total. The Morgan fingerprint density at radius 1 is 0.931 bits per heavy atom. The minimum atomic E-state index is -0.264. The molecule has 0 unspecified atom stereocenters. The van der Waals surface area contributed by atoms with E-state index in [0.717, 1.165) is 4.90 Å². The summed E-state index contributed by atoms with van der Waals surface area (Å²) in [4.78, 5) is 25.3. The second-order valence-corrected chi connectivity index (χ2v) is 7.91. The molecule has 0 saturated carbocycles. The van der Waals surface area contributed by atoms with Crippen molar-refractivity contribution < 1.29 is 14.3 Å². The molecule has 7 heteroatoms. The highest BCUT2D eigenvalue weighted by Gasteiger charge is 2.12. The highest BCUT2D eigenvalue weighted by Crippen LogP contribution is 2.26. The molecule has 0 fully saturated rings. The van der Waals surface area contributed by atoms with E-state index in [1.165, 1.54) is 11.8 Å². The molecule has 3 aromatic rings. The molecule has 1 N–H and O–H groups in total. The summed E-state index contributed by atoms with van der Waals surface area (Å²) < 4.78 is 5.43. The van der Waals surface area contributed by atoms with Crippen molar-refractivity contribution in [1.29, 1.82) is 0 Å². The van der Waals surface area contributed by atoms with E-state index < -0.39 is 0 Å². The van der Waals surface area contributed by atoms with Gasteiger partial charge in [-0.2, -0.15) is 0 Å². The summed E-state index contributed by atoms with van der Waals surface area (Å²) in [7, 11) is 0. The lowest BCUT2D eigenvalue weighted by molar-refractivity contribution is -0.118. The summed E-state index contributed by atoms with van der Waals surface area (Å²) in [6.45, 7) is -0.0884. The van der Waals surface area contributed by atoms with Gasteiger partial charge in [-0.1, -0.05) is 47.5 Å². The van der Waals surface area contributed by atoms with Crippen molar-refractivity contribution >= 4 is 52.3 Å². The monoisotopic (exact) mass is 445 g/mol. The van der Waals surface area contributed by atoms with Crippen LogP contribution in [0.5, 0.6) is 5.75 Å². The van der Waals surface area contributed by atoms with Gasteiger partial charge in [0.15, 0.2) is 12.4 Å². The van der Waals surface area contributed by atoms with E-state index in [9.17, 15) is 9.59 Å². The Balaban J connectivity index is 1.53. The van der Waals surface area contributed by atoms with Gasteiger partial charge >= 0.3 is 0 Å². The number of ether oxygens (including phenoxy) is 1. The Morgan fingerprint density at radius 2 is 1.72 bits per heavy atom. The number of rotatable bonds is 8. The second-order valence-electron chi connectivity index (χ2n) is 6.01. The Kier molecular flexibility index (Phi) is 7.58. The van der Waals surface area contributed by atoms with Gasteiger partial charge in [0.2, 0.25) is 0 Å². The molecule has 0 bridgehead atoms. The van der Waals surface area contributed by atoms with Crippen LogP contribution in [-0.2, 0) is 4.79 Å². The average Bonchev–Trinajstić information content (AvgIpc) is 2.71. The van der Waals surface area contributed by atoms with Crippen LogP contribution in [0.1, 0.15) is 10.4 Å². The molecule has 0 atom stereocenters. The Hall–Kier alpha value is -2.47. The van der Waals surface area contributed by atoms with Gasteiger partial charge < -0.3 is 10.1 Å². The first kappa shape index (κ1) is 21.2. The number of benzene rings is 3. The maximum absolute atomic E-state index is 12.4. The summed E-state index contributed by atoms with van der Waals surface area (Å²) in [6, 6.07) is 21.2. The van der Waals surface area contributed by atoms with Gasteiger partial charge in [0.1, 0.15) is 5.75 Å². The number of hydrogen-bond acceptors (Lipinski definition) is 4. The molecule has 3 aromatic carbocycles. The Bertz CT molecular complexity index is 1010. The number of Topliss-reactive ketones (excluding diaryl/α,β-unsaturated/α-hetero) is 1. The molecule has 148 valence electrons. The third-order valence-corrected chi connectivity index (χ3v) is 5.37. The van der Waals surface area contributed by atoms with E-state index in [1.54, 1.807) is 36.4 Å². The normalized spacial score (nSPS) is 10.4. The predicted molar refractivity (Wildman–Crippen MR) is 119 cm³/mol. The quantitative estimate of drug-likeness (QED) is 0.341. The van der Waals surface area contributed by atoms with Crippen molar-refractivity contribution in [2.75, 3.05) is 17.7 Å². The van der Waals surface area contributed by atoms with Crippen molar-refractivity contribution in [3.63, 3.8) is 0 Å². The molecular weight excluding hydrogens is 429 g/mol. The number of para-hydroxylation sites is 1. The van der Waals surface area contributed by atoms with Crippen LogP contribution >= 0.6 is 35.0 Å². The number of carbonyl (C=O) groups is 2. The van der Waals surface area contributed by atoms with Crippen molar-refractivity contribution in [3.8, 4) is 5.75 Å². The summed E-state index contributed by atoms with van der Waals surface area (Å²) >= 11 is 13.3. The molecule has 0 saturated heterocycles. The first-order valence-corrected chi connectivity index (χ1v) is 10.4. The minimum Gasteiger partial charge on any atom is -0.484 e. The maximum Gasteiger partial charge on any atom is 0.262 e. The fourth-order valence-electron chi connectivity index (χ4n) is 2.47. The van der Waals surface area contributed by atoms with Crippen LogP contribution in [-0.4, -0.2) is 24.1 Å². The fourth-order valence-corrected chi connectivity index (χ4v) is 3.82. The van der Waals surface area contributed by atoms with Gasteiger partial charge in [0.05, 0.1) is 10.8 Å². The van der Waals surface area contributed by atoms with Gasteiger partial charge in [0.25, 0.3) is 5.91 Å². The standard InChI is InChI=1S/C22H17Cl2NO3S/c23-15-9-10-19(20(24)11-15)21(26)14-29-18-8-4-5-16(12-18)25-22(27)13-28-17-6-2-1-3-7-17/h1-12H,13-14H2,(H,25,27). The molecule has 0 aromatic heterocycles. The molecular formula is C22H17Cl2NO3S. The highest BCUT2D eigenvalue weighted by atomic mass is 35.5. The lowest BCUT2D eigenvalue weighted by Crippen LogP contribution is -2.20. The van der Waals surface area contributed by atoms with Crippen LogP contribution < -0.4 is 10.1 Å². The van der Waals surface area contributed by atoms with Crippen LogP contribution in [0.2, 0.25) is 10.0 Å². The average molecular weight is 446 g/mol. The van der Waals surface area contributed by atoms with E-state index in [2.05, 4.69) is 5.32 Å². The molecule has 0 spiro atoms. The molecule has 0 aliphatic carbocycles. The van der Waals surface area contributed by atoms with Crippen molar-refractivity contribution in [1.82, 2.24) is 0 Å². The zero-order chi connectivity index (χ0) is 20.6. The number of hydrogen-bond donors (Lipinski definition) is 1. The topological polar surface area (TPSA) is 55.4 Å². The van der Waals surface area contributed by atoms with E-state index in [0.29, 0.717) is 27.0 Å². The van der Waals surface area contributed by atoms with Crippen LogP contribution in [0.3, 0.4) is 0 Å². The molecule has 0 aliphatic heterocycles. The lowest BCUT2D eigenvalue weighted by atomic mass is 10.1. The molecule has 0 radical (unpaired) electrons. The van der Waals surface area contributed by atoms with Crippen molar-refractivity contribution in [3.05, 3.63) is 88.4 Å². The van der Waals surface area contributed by atoms with E-state index >= 15 is 0 Å². The molecule has 3 rings (SSSR count). The van der Waals surface area contributed by atoms with Gasteiger partial charge in [0, 0.05) is 21.2 Å². The van der Waals surface area contributed by atoms with Gasteiger partial charge in [-0.15, -0.1) is 11.8 Å². The Morgan fingerprint density at radius 3 is 2.48 bits per heavy atom. The number of ketones is 1. The first-order valence-electron chi connectivity index (χ1n) is 8.70. The summed E-state index contributed by atoms with van der Waals surface area (Å²) in [6.07, 6.45) is 0. The molecule has 1 amide bonds. The van der Waals surface area contributed by atoms with E-state index in [-0.39, 0.29) is 24.1 Å². The van der Waals surface area contributed by atoms with Crippen LogP contribution in [0, 0.1) is 0 Å². The van der Waals surface area contributed by atoms with Crippen LogP contribution in [0.25, 0.3) is 0 Å². The van der Waals surface area contributed by atoms with E-state index in [4.69, 9.17) is 27.9 Å². The van der Waals surface area contributed by atoms with Gasteiger partial charge in [-0.05, 0) is 48.5 Å². The number of nitrogens with one attached hydrogen (secondary N) is 1. The number of halogens is 2. The smallest absolute Gasteiger partial charge is 0.262 e. The predicted octanol–water partition coefficient (Wildman–Crippen LogP) is 5.99. The fraction of sp³-hybridized carbons (Fsp3) is 0.0909. The summed E-state index contributed by atoms with van der Waals surface area (Å²) in [5.74, 6) is 0.490. The minimum absolute atomic E-state index is 0.0884. The van der Waals surface area contributed by atoms with E-state index in [1.807, 2.05) is 36.4 Å². The van der Waals surface area contributed by atoms with Crippen molar-refractivity contribution in [2.24, 2.45) is 0 Å². The Labute approximate surface area is 183 Å². The maximum atomic E-state index is 12.4. The zero-order valence-corrected chi connectivity index (χ0v) is 17.6. The number of anilines is 1. The van der Waals surface area contributed by atoms with Crippen LogP contribution in [0.15, 0.2) is 77.7 Å². The van der Waals surface area contributed by atoms with Crippen LogP contribution in [0.4, 0.5) is 5.69 Å². The second kappa shape index (κ2) is 10.3. The summed E-state index contributed by atoms with van der Waals surface area (Å²) in [5, 5.41) is 3.61. The summed E-state index contributed by atoms with van der Waals surface area (Å²) in [5.41, 5.74) is 1.07. The van der Waals surface area contributed by atoms with Gasteiger partial charge in [-0.25, -0.2) is 0 Å². The third-order valence-electron chi connectivity index (χ3n) is 3.83. The number of carbonyl (C=O) groups excluding carboxylic acids is 2. The number of thioether (sulfide) groups is 1. The van der Waals surface area contributed by atoms with Crippen molar-refractivity contribution in [2.45, 2.75) is 4.90 Å². The molecule has 29 heavy (non-hydrogen) atoms. The molecule has 0 heterocycles. The SMILES string of the molecule is O=C(COc1ccccc1)Nc1cccc(SCC(=O)c2ccc(Cl)cc2Cl)c1. The third kappa shape index (κ3) is 6.53. The largest absolute Gasteiger partial charge is 0.484 e.